The first-order valence-corrected chi connectivity index (χ1v) is 25.6. The van der Waals surface area contributed by atoms with Crippen LogP contribution < -0.4 is 4.74 Å². The van der Waals surface area contributed by atoms with Crippen LogP contribution in [0.2, 0.25) is 0 Å². The molecule has 9 atom stereocenters. The molecule has 2 aliphatic heterocycles. The van der Waals surface area contributed by atoms with Gasteiger partial charge >= 0.3 is 5.97 Å². The molecule has 0 amide bonds. The second-order valence-corrected chi connectivity index (χ2v) is 18.8. The van der Waals surface area contributed by atoms with Crippen LogP contribution in [0.25, 0.3) is 0 Å². The maximum atomic E-state index is 14.7. The lowest BCUT2D eigenvalue weighted by Crippen LogP contribution is -2.70. The van der Waals surface area contributed by atoms with Crippen molar-refractivity contribution in [3.05, 3.63) is 245 Å². The zero-order chi connectivity index (χ0) is 51.5. The Morgan fingerprint density at radius 2 is 0.760 bits per heavy atom. The average molecular weight is 1020 g/mol. The number of cyclic esters (lactones) is 1. The predicted molar refractivity (Wildman–Crippen MR) is 282 cm³/mol. The minimum atomic E-state index is -1.71. The van der Waals surface area contributed by atoms with Crippen LogP contribution in [0.3, 0.4) is 0 Å². The molecule has 0 aromatic heterocycles. The van der Waals surface area contributed by atoms with Gasteiger partial charge in [0, 0.05) is 0 Å². The van der Waals surface area contributed by atoms with Crippen molar-refractivity contribution < 1.29 is 56.9 Å². The minimum absolute atomic E-state index is 0.00308. The lowest BCUT2D eigenvalue weighted by Gasteiger charge is -2.53. The molecule has 12 heteroatoms. The molecule has 12 nitrogen and oxygen atoms in total. The summed E-state index contributed by atoms with van der Waals surface area (Å²) in [5, 5.41) is 0. The van der Waals surface area contributed by atoms with Gasteiger partial charge in [0.25, 0.3) is 0 Å². The van der Waals surface area contributed by atoms with Crippen LogP contribution in [-0.4, -0.2) is 80.9 Å². The molecule has 7 aromatic rings. The van der Waals surface area contributed by atoms with Crippen molar-refractivity contribution in [1.29, 1.82) is 0 Å². The van der Waals surface area contributed by atoms with Crippen LogP contribution >= 0.6 is 0 Å². The van der Waals surface area contributed by atoms with E-state index in [1.165, 1.54) is 0 Å². The first kappa shape index (κ1) is 53.3. The molecule has 75 heavy (non-hydrogen) atoms. The molecule has 390 valence electrons. The average Bonchev–Trinajstić information content (AvgIpc) is 3.46. The van der Waals surface area contributed by atoms with Crippen molar-refractivity contribution in [2.45, 2.75) is 108 Å². The summed E-state index contributed by atoms with van der Waals surface area (Å²) in [5.41, 5.74) is 6.48. The highest BCUT2D eigenvalue weighted by Gasteiger charge is 2.60. The fraction of sp³-hybridized carbons (Fsp3) is 0.317. The summed E-state index contributed by atoms with van der Waals surface area (Å²) in [6.07, 6.45) is -7.78. The molecule has 2 aliphatic rings. The van der Waals surface area contributed by atoms with E-state index in [2.05, 4.69) is 0 Å². The molecular formula is C63H66O12. The van der Waals surface area contributed by atoms with Gasteiger partial charge in [-0.3, -0.25) is 0 Å². The molecular weight excluding hydrogens is 949 g/mol. The van der Waals surface area contributed by atoms with Crippen molar-refractivity contribution in [3.63, 3.8) is 0 Å². The third-order valence-corrected chi connectivity index (χ3v) is 13.3. The molecule has 0 bridgehead atoms. The lowest BCUT2D eigenvalue weighted by molar-refractivity contribution is -0.399. The molecule has 0 aliphatic carbocycles. The molecule has 0 unspecified atom stereocenters. The number of carbonyl (C=O) groups is 1. The van der Waals surface area contributed by atoms with Crippen LogP contribution in [0.15, 0.2) is 206 Å². The topological polar surface area (TPSA) is 119 Å². The number of ether oxygens (including phenoxy) is 11. The van der Waals surface area contributed by atoms with Crippen molar-refractivity contribution in [1.82, 2.24) is 0 Å². The van der Waals surface area contributed by atoms with E-state index in [-0.39, 0.29) is 59.5 Å². The molecule has 0 radical (unpaired) electrons. The van der Waals surface area contributed by atoms with E-state index < -0.39 is 60.6 Å². The number of hydrogen-bond acceptors (Lipinski definition) is 12. The van der Waals surface area contributed by atoms with Gasteiger partial charge in [-0.25, -0.2) is 4.79 Å². The number of benzene rings is 7. The summed E-state index contributed by atoms with van der Waals surface area (Å²) in [6, 6.07) is 66.8. The number of carbonyl (C=O) groups excluding carboxylic acids is 1. The second-order valence-electron chi connectivity index (χ2n) is 18.8. The highest BCUT2D eigenvalue weighted by Crippen LogP contribution is 2.41. The maximum absolute atomic E-state index is 14.7. The molecule has 2 saturated heterocycles. The van der Waals surface area contributed by atoms with Gasteiger partial charge in [0.1, 0.15) is 42.4 Å². The Kier molecular flexibility index (Phi) is 19.4. The van der Waals surface area contributed by atoms with Crippen LogP contribution in [-0.2, 0) is 98.4 Å². The molecule has 0 N–H and O–H groups in total. The molecule has 2 heterocycles. The highest BCUT2D eigenvalue weighted by atomic mass is 16.8. The quantitative estimate of drug-likeness (QED) is 0.0481. The second kappa shape index (κ2) is 27.3. The van der Waals surface area contributed by atoms with Crippen molar-refractivity contribution >= 4 is 5.97 Å². The van der Waals surface area contributed by atoms with Crippen LogP contribution in [0.5, 0.6) is 5.75 Å². The van der Waals surface area contributed by atoms with Gasteiger partial charge in [0.05, 0.1) is 66.6 Å². The third kappa shape index (κ3) is 15.1. The number of esters is 1. The van der Waals surface area contributed by atoms with Gasteiger partial charge in [-0.15, -0.1) is 0 Å². The van der Waals surface area contributed by atoms with E-state index in [1.807, 2.05) is 213 Å². The Morgan fingerprint density at radius 1 is 0.400 bits per heavy atom. The monoisotopic (exact) mass is 1010 g/mol. The predicted octanol–water partition coefficient (Wildman–Crippen LogP) is 10.8. The zero-order valence-electron chi connectivity index (χ0n) is 42.5. The van der Waals surface area contributed by atoms with Crippen LogP contribution in [0, 0.1) is 0 Å². The summed E-state index contributed by atoms with van der Waals surface area (Å²) in [4.78, 5) is 14.7. The summed E-state index contributed by atoms with van der Waals surface area (Å²) in [7, 11) is 1.64. The first-order chi connectivity index (χ1) is 36.9. The van der Waals surface area contributed by atoms with Crippen LogP contribution in [0.4, 0.5) is 0 Å². The Morgan fingerprint density at radius 3 is 1.20 bits per heavy atom. The lowest BCUT2D eigenvalue weighted by atomic mass is 9.91. The molecule has 9 rings (SSSR count). The van der Waals surface area contributed by atoms with E-state index in [1.54, 1.807) is 7.11 Å². The van der Waals surface area contributed by atoms with Crippen molar-refractivity contribution in [2.24, 2.45) is 0 Å². The summed E-state index contributed by atoms with van der Waals surface area (Å²) in [5.74, 6) is -1.60. The van der Waals surface area contributed by atoms with Gasteiger partial charge in [-0.1, -0.05) is 194 Å². The fourth-order valence-corrected chi connectivity index (χ4v) is 9.37. The fourth-order valence-electron chi connectivity index (χ4n) is 9.37. The van der Waals surface area contributed by atoms with E-state index in [4.69, 9.17) is 52.1 Å². The number of methoxy groups -OCH3 is 1. The highest BCUT2D eigenvalue weighted by molar-refractivity contribution is 5.77. The molecule has 7 aromatic carbocycles. The summed E-state index contributed by atoms with van der Waals surface area (Å²) >= 11 is 0. The minimum Gasteiger partial charge on any atom is -0.497 e. The van der Waals surface area contributed by atoms with E-state index in [9.17, 15) is 4.79 Å². The van der Waals surface area contributed by atoms with Crippen molar-refractivity contribution in [2.75, 3.05) is 20.3 Å². The number of rotatable bonds is 26. The van der Waals surface area contributed by atoms with Gasteiger partial charge < -0.3 is 52.1 Å². The Hall–Kier alpha value is -6.55. The zero-order valence-corrected chi connectivity index (χ0v) is 42.5. The van der Waals surface area contributed by atoms with Crippen LogP contribution in [0.1, 0.15) is 45.9 Å². The summed E-state index contributed by atoms with van der Waals surface area (Å²) in [6.45, 7) is 3.27. The third-order valence-electron chi connectivity index (χ3n) is 13.3. The molecule has 0 saturated carbocycles. The Balaban J connectivity index is 1.12. The normalized spacial score (nSPS) is 23.6. The van der Waals surface area contributed by atoms with Gasteiger partial charge in [-0.2, -0.15) is 0 Å². The maximum Gasteiger partial charge on any atom is 0.338 e. The Labute approximate surface area is 440 Å². The smallest absolute Gasteiger partial charge is 0.338 e. The van der Waals surface area contributed by atoms with Gasteiger partial charge in [-0.05, 0) is 58.0 Å². The first-order valence-electron chi connectivity index (χ1n) is 25.6. The molecule has 2 fully saturated rings. The van der Waals surface area contributed by atoms with Gasteiger partial charge in [0.15, 0.2) is 18.0 Å². The SMILES string of the molecule is COc1ccc(COC[C@H]2O[C@](C)(O[C@H]3[C@H](OCc4ccccc4)[C@@H](COCc4ccccc4)OC(=O)[C@H]3OCc3ccccc3)[C@@H](OCc3ccccc3)[C@@H](OCc3ccccc3)[C@@H]2OCc2ccccc2)cc1. The Bertz CT molecular complexity index is 2720. The summed E-state index contributed by atoms with van der Waals surface area (Å²) < 4.78 is 74.4. The number of hydrogen-bond donors (Lipinski definition) is 0. The van der Waals surface area contributed by atoms with E-state index in [0.29, 0.717) is 0 Å². The van der Waals surface area contributed by atoms with E-state index >= 15 is 0 Å². The standard InChI is InChI=1S/C63H66O12/c1-63(75-58-56(68-39-47-23-11-4-12-24-47)54(44-66-37-46-21-9-3-10-22-46)73-62(64)60(58)71-42-50-29-17-7-18-30-50)61(72-43-51-31-19-8-20-32-51)59(70-41-49-27-15-6-16-28-49)57(69-40-48-25-13-5-14-26-48)55(74-63)45-67-38-52-33-35-53(65-2)36-34-52/h3-36,54-61H,37-45H2,1-2H3/t54-,55-,56-,57-,58+,59+,60+,61+,63-/m1/s1. The van der Waals surface area contributed by atoms with E-state index in [0.717, 1.165) is 44.7 Å². The molecule has 0 spiro atoms. The van der Waals surface area contributed by atoms with Crippen molar-refractivity contribution in [3.8, 4) is 5.75 Å². The largest absolute Gasteiger partial charge is 0.497 e. The van der Waals surface area contributed by atoms with Gasteiger partial charge in [0.2, 0.25) is 0 Å².